The van der Waals surface area contributed by atoms with E-state index >= 15 is 0 Å². The van der Waals surface area contributed by atoms with Gasteiger partial charge in [0.1, 0.15) is 0 Å². The van der Waals surface area contributed by atoms with E-state index < -0.39 is 0 Å². The Balaban J connectivity index is 1.27. The van der Waals surface area contributed by atoms with Crippen LogP contribution in [-0.4, -0.2) is 75.1 Å². The standard InChI is InChI=1S/C35H42N10O/c1-23(2)30-22-39-45-33(30)42-34(41-27-10-7-16-36-21-27)43-35(45)38-20-25-9-5-6-11-28(25)32-29-14-13-26(19-24(29)15-17-37-32)40-31(46)12-8-18-44(3)4/h5-6,8-9,11-15,17,19,22-23,27,36H,7,10,16,18,20-21H2,1-4H3,(H,40,46)(H2,38,41,42,43)/b12-8+/t27-/m1/s1. The van der Waals surface area contributed by atoms with Crippen molar-refractivity contribution in [3.63, 3.8) is 0 Å². The number of anilines is 3. The molecule has 0 bridgehead atoms. The van der Waals surface area contributed by atoms with Crippen molar-refractivity contribution in [3.8, 4) is 11.3 Å². The van der Waals surface area contributed by atoms with Crippen molar-refractivity contribution < 1.29 is 4.79 Å². The molecule has 4 heterocycles. The molecule has 0 saturated carbocycles. The second-order valence-electron chi connectivity index (χ2n) is 12.3. The highest BCUT2D eigenvalue weighted by Gasteiger charge is 2.19. The minimum atomic E-state index is -0.155. The van der Waals surface area contributed by atoms with E-state index in [-0.39, 0.29) is 17.9 Å². The summed E-state index contributed by atoms with van der Waals surface area (Å²) in [5.74, 6) is 1.35. The molecule has 1 fully saturated rings. The average Bonchev–Trinajstić information content (AvgIpc) is 3.48. The lowest BCUT2D eigenvalue weighted by atomic mass is 9.99. The van der Waals surface area contributed by atoms with Crippen molar-refractivity contribution in [1.29, 1.82) is 0 Å². The summed E-state index contributed by atoms with van der Waals surface area (Å²) in [7, 11) is 3.93. The fourth-order valence-corrected chi connectivity index (χ4v) is 5.74. The van der Waals surface area contributed by atoms with Gasteiger partial charge in [-0.25, -0.2) is 0 Å². The first-order valence-corrected chi connectivity index (χ1v) is 15.9. The summed E-state index contributed by atoms with van der Waals surface area (Å²) in [5, 5.41) is 20.2. The molecule has 1 aliphatic rings. The maximum Gasteiger partial charge on any atom is 0.248 e. The van der Waals surface area contributed by atoms with Crippen molar-refractivity contribution in [2.24, 2.45) is 0 Å². The van der Waals surface area contributed by atoms with E-state index in [9.17, 15) is 4.79 Å². The van der Waals surface area contributed by atoms with E-state index in [4.69, 9.17) is 15.0 Å². The zero-order valence-electron chi connectivity index (χ0n) is 26.9. The monoisotopic (exact) mass is 618 g/mol. The van der Waals surface area contributed by atoms with Crippen LogP contribution in [0.5, 0.6) is 0 Å². The van der Waals surface area contributed by atoms with Gasteiger partial charge in [0.05, 0.1) is 11.9 Å². The number of aromatic nitrogens is 5. The molecule has 238 valence electrons. The van der Waals surface area contributed by atoms with Gasteiger partial charge in [-0.05, 0) is 68.5 Å². The van der Waals surface area contributed by atoms with E-state index in [1.807, 2.05) is 73.9 Å². The van der Waals surface area contributed by atoms with Crippen LogP contribution >= 0.6 is 0 Å². The molecule has 1 atom stereocenters. The molecule has 1 aliphatic heterocycles. The second-order valence-corrected chi connectivity index (χ2v) is 12.3. The molecule has 3 aromatic heterocycles. The normalized spacial score (nSPS) is 15.3. The number of likely N-dealkylation sites (N-methyl/N-ethyl adjacent to an activating group) is 1. The highest BCUT2D eigenvalue weighted by Crippen LogP contribution is 2.31. The Labute approximate surface area is 269 Å². The van der Waals surface area contributed by atoms with Crippen molar-refractivity contribution in [2.45, 2.75) is 45.2 Å². The molecule has 4 N–H and O–H groups in total. The van der Waals surface area contributed by atoms with E-state index in [0.717, 1.165) is 70.4 Å². The van der Waals surface area contributed by atoms with Crippen LogP contribution in [0, 0.1) is 0 Å². The number of amides is 1. The smallest absolute Gasteiger partial charge is 0.248 e. The largest absolute Gasteiger partial charge is 0.350 e. The van der Waals surface area contributed by atoms with E-state index in [1.165, 1.54) is 0 Å². The first-order valence-electron chi connectivity index (χ1n) is 15.9. The first-order chi connectivity index (χ1) is 22.4. The molecule has 46 heavy (non-hydrogen) atoms. The Morgan fingerprint density at radius 2 is 2.02 bits per heavy atom. The summed E-state index contributed by atoms with van der Waals surface area (Å²) in [6.07, 6.45) is 9.31. The van der Waals surface area contributed by atoms with Crippen LogP contribution in [0.4, 0.5) is 17.6 Å². The van der Waals surface area contributed by atoms with Gasteiger partial charge in [-0.1, -0.05) is 50.3 Å². The van der Waals surface area contributed by atoms with Crippen LogP contribution in [0.25, 0.3) is 27.7 Å². The number of piperidine rings is 1. The molecule has 1 amide bonds. The lowest BCUT2D eigenvalue weighted by molar-refractivity contribution is -0.111. The quantitative estimate of drug-likeness (QED) is 0.146. The minimum absolute atomic E-state index is 0.155. The second kappa shape index (κ2) is 14.1. The third-order valence-electron chi connectivity index (χ3n) is 8.13. The summed E-state index contributed by atoms with van der Waals surface area (Å²) < 4.78 is 1.80. The zero-order chi connectivity index (χ0) is 32.0. The number of pyridine rings is 1. The predicted octanol–water partition coefficient (Wildman–Crippen LogP) is 5.30. The lowest BCUT2D eigenvalue weighted by Crippen LogP contribution is -2.38. The third kappa shape index (κ3) is 7.16. The minimum Gasteiger partial charge on any atom is -0.350 e. The van der Waals surface area contributed by atoms with Crippen molar-refractivity contribution >= 4 is 39.9 Å². The molecule has 0 aliphatic carbocycles. The predicted molar refractivity (Wildman–Crippen MR) is 185 cm³/mol. The van der Waals surface area contributed by atoms with Crippen LogP contribution < -0.4 is 21.3 Å². The molecule has 11 nitrogen and oxygen atoms in total. The lowest BCUT2D eigenvalue weighted by Gasteiger charge is -2.24. The number of nitrogens with one attached hydrogen (secondary N) is 4. The molecule has 2 aromatic carbocycles. The van der Waals surface area contributed by atoms with Crippen molar-refractivity contribution in [1.82, 2.24) is 34.8 Å². The van der Waals surface area contributed by atoms with Gasteiger partial charge in [0.15, 0.2) is 5.65 Å². The van der Waals surface area contributed by atoms with Crippen LogP contribution in [0.1, 0.15) is 43.7 Å². The highest BCUT2D eigenvalue weighted by atomic mass is 16.1. The van der Waals surface area contributed by atoms with Crippen LogP contribution in [0.3, 0.4) is 0 Å². The molecule has 0 spiro atoms. The van der Waals surface area contributed by atoms with Crippen LogP contribution in [-0.2, 0) is 11.3 Å². The van der Waals surface area contributed by atoms with E-state index in [1.54, 1.807) is 10.6 Å². The summed E-state index contributed by atoms with van der Waals surface area (Å²) in [5.41, 5.74) is 5.58. The fraction of sp³-hybridized carbons (Fsp3) is 0.343. The number of benzene rings is 2. The van der Waals surface area contributed by atoms with E-state index in [0.29, 0.717) is 25.0 Å². The zero-order valence-corrected chi connectivity index (χ0v) is 26.9. The average molecular weight is 619 g/mol. The fourth-order valence-electron chi connectivity index (χ4n) is 5.74. The molecular weight excluding hydrogens is 576 g/mol. The summed E-state index contributed by atoms with van der Waals surface area (Å²) in [6, 6.07) is 16.4. The Morgan fingerprint density at radius 1 is 1.15 bits per heavy atom. The SMILES string of the molecule is CC(C)c1cnn2c(NCc3ccccc3-c3nccc4cc(NC(=O)/C=C/CN(C)C)ccc34)nc(N[C@@H]3CCCNC3)nc12. The Morgan fingerprint density at radius 3 is 2.83 bits per heavy atom. The Hall–Kier alpha value is -4.87. The molecule has 11 heteroatoms. The Kier molecular flexibility index (Phi) is 9.51. The van der Waals surface area contributed by atoms with Gasteiger partial charge in [0.25, 0.3) is 0 Å². The number of rotatable bonds is 11. The molecule has 0 unspecified atom stereocenters. The Bertz CT molecular complexity index is 1860. The number of carbonyl (C=O) groups excluding carboxylic acids is 1. The van der Waals surface area contributed by atoms with Gasteiger partial charge in [-0.3, -0.25) is 9.78 Å². The molecule has 5 aromatic rings. The molecular formula is C35H42N10O. The van der Waals surface area contributed by atoms with Gasteiger partial charge in [-0.2, -0.15) is 19.6 Å². The topological polar surface area (TPSA) is 124 Å². The number of hydrogen-bond donors (Lipinski definition) is 4. The van der Waals surface area contributed by atoms with Crippen molar-refractivity contribution in [3.05, 3.63) is 84.2 Å². The molecule has 0 radical (unpaired) electrons. The summed E-state index contributed by atoms with van der Waals surface area (Å²) in [4.78, 5) is 29.0. The van der Waals surface area contributed by atoms with E-state index in [2.05, 4.69) is 52.3 Å². The number of carbonyl (C=O) groups is 1. The highest BCUT2D eigenvalue weighted by molar-refractivity contribution is 6.02. The molecule has 1 saturated heterocycles. The van der Waals surface area contributed by atoms with Crippen molar-refractivity contribution in [2.75, 3.05) is 49.7 Å². The maximum absolute atomic E-state index is 12.4. The van der Waals surface area contributed by atoms with Crippen LogP contribution in [0.15, 0.2) is 73.1 Å². The number of nitrogens with zero attached hydrogens (tertiary/aromatic N) is 6. The summed E-state index contributed by atoms with van der Waals surface area (Å²) in [6.45, 7) is 7.45. The number of fused-ring (bicyclic) bond motifs is 2. The maximum atomic E-state index is 12.4. The summed E-state index contributed by atoms with van der Waals surface area (Å²) >= 11 is 0. The van der Waals surface area contributed by atoms with Gasteiger partial charge < -0.3 is 26.2 Å². The first kappa shape index (κ1) is 31.1. The molecule has 6 rings (SSSR count). The van der Waals surface area contributed by atoms with Gasteiger partial charge >= 0.3 is 0 Å². The third-order valence-corrected chi connectivity index (χ3v) is 8.13. The van der Waals surface area contributed by atoms with Gasteiger partial charge in [0, 0.05) is 60.1 Å². The number of hydrogen-bond acceptors (Lipinski definition) is 9. The van der Waals surface area contributed by atoms with Crippen LogP contribution in [0.2, 0.25) is 0 Å². The van der Waals surface area contributed by atoms with Gasteiger partial charge in [0.2, 0.25) is 17.8 Å². The van der Waals surface area contributed by atoms with Gasteiger partial charge in [-0.15, -0.1) is 0 Å².